The zero-order chi connectivity index (χ0) is 14.7. The minimum atomic E-state index is -0.124. The largest absolute Gasteiger partial charge is 0.389 e. The first kappa shape index (κ1) is 14.1. The fraction of sp³-hybridized carbons (Fsp3) is 0.133. The highest BCUT2D eigenvalue weighted by Crippen LogP contribution is 2.17. The number of hydrogen-bond donors (Lipinski definition) is 1. The molecule has 1 aromatic heterocycles. The Bertz CT molecular complexity index is 670. The summed E-state index contributed by atoms with van der Waals surface area (Å²) in [7, 11) is 1.71. The minimum absolute atomic E-state index is 0.124. The van der Waals surface area contributed by atoms with Crippen LogP contribution in [0.1, 0.15) is 21.5 Å². The van der Waals surface area contributed by atoms with Crippen molar-refractivity contribution in [2.24, 2.45) is 5.73 Å². The van der Waals surface area contributed by atoms with Crippen molar-refractivity contribution < 1.29 is 4.79 Å². The van der Waals surface area contributed by atoms with Crippen LogP contribution < -0.4 is 10.6 Å². The Morgan fingerprint density at radius 1 is 1.25 bits per heavy atom. The standard InChI is InChI=1S/C15H15N3OS/c1-10-6-12(9-17-8-10)15(19)18(2)13-5-3-4-11(7-13)14(16)20/h3-9H,1-2H3,(H2,16,20). The fourth-order valence-corrected chi connectivity index (χ4v) is 1.98. The van der Waals surface area contributed by atoms with Crippen LogP contribution in [0.5, 0.6) is 0 Å². The zero-order valence-corrected chi connectivity index (χ0v) is 12.1. The van der Waals surface area contributed by atoms with Gasteiger partial charge in [-0.3, -0.25) is 9.78 Å². The summed E-state index contributed by atoms with van der Waals surface area (Å²) in [6.45, 7) is 1.90. The molecule has 0 aliphatic carbocycles. The molecule has 0 saturated carbocycles. The van der Waals surface area contributed by atoms with Gasteiger partial charge in [-0.15, -0.1) is 0 Å². The van der Waals surface area contributed by atoms with Gasteiger partial charge in [0.25, 0.3) is 5.91 Å². The molecule has 2 N–H and O–H groups in total. The van der Waals surface area contributed by atoms with Gasteiger partial charge in [-0.05, 0) is 30.7 Å². The van der Waals surface area contributed by atoms with E-state index in [1.807, 2.05) is 31.2 Å². The third-order valence-electron chi connectivity index (χ3n) is 2.94. The number of hydrogen-bond acceptors (Lipinski definition) is 3. The number of carbonyl (C=O) groups excluding carboxylic acids is 1. The van der Waals surface area contributed by atoms with E-state index in [0.717, 1.165) is 16.8 Å². The van der Waals surface area contributed by atoms with Crippen LogP contribution in [0.15, 0.2) is 42.7 Å². The molecule has 1 heterocycles. The lowest BCUT2D eigenvalue weighted by molar-refractivity contribution is 0.0992. The first-order valence-corrected chi connectivity index (χ1v) is 6.49. The smallest absolute Gasteiger partial charge is 0.259 e. The Morgan fingerprint density at radius 3 is 2.65 bits per heavy atom. The molecule has 2 rings (SSSR count). The van der Waals surface area contributed by atoms with E-state index in [1.54, 1.807) is 30.4 Å². The molecule has 0 spiro atoms. The highest BCUT2D eigenvalue weighted by Gasteiger charge is 2.14. The summed E-state index contributed by atoms with van der Waals surface area (Å²) >= 11 is 4.95. The van der Waals surface area contributed by atoms with Gasteiger partial charge in [-0.25, -0.2) is 0 Å². The predicted octanol–water partition coefficient (Wildman–Crippen LogP) is 2.30. The molecule has 5 heteroatoms. The summed E-state index contributed by atoms with van der Waals surface area (Å²) < 4.78 is 0. The van der Waals surface area contributed by atoms with E-state index in [-0.39, 0.29) is 5.91 Å². The SMILES string of the molecule is Cc1cncc(C(=O)N(C)c2cccc(C(N)=S)c2)c1. The highest BCUT2D eigenvalue weighted by atomic mass is 32.1. The van der Waals surface area contributed by atoms with Crippen LogP contribution in [0, 0.1) is 6.92 Å². The molecule has 0 radical (unpaired) electrons. The summed E-state index contributed by atoms with van der Waals surface area (Å²) in [6, 6.07) is 9.08. The van der Waals surface area contributed by atoms with Gasteiger partial charge in [0, 0.05) is 30.7 Å². The molecule has 1 aromatic carbocycles. The van der Waals surface area contributed by atoms with Crippen LogP contribution >= 0.6 is 12.2 Å². The lowest BCUT2D eigenvalue weighted by Crippen LogP contribution is -2.26. The molecule has 0 atom stereocenters. The predicted molar refractivity (Wildman–Crippen MR) is 84.0 cm³/mol. The number of nitrogens with two attached hydrogens (primary N) is 1. The minimum Gasteiger partial charge on any atom is -0.389 e. The van der Waals surface area contributed by atoms with Crippen molar-refractivity contribution in [3.05, 3.63) is 59.4 Å². The molecule has 20 heavy (non-hydrogen) atoms. The van der Waals surface area contributed by atoms with Gasteiger partial charge in [0.05, 0.1) is 5.56 Å². The number of aryl methyl sites for hydroxylation is 1. The van der Waals surface area contributed by atoms with Crippen LogP contribution in [0.2, 0.25) is 0 Å². The third-order valence-corrected chi connectivity index (χ3v) is 3.18. The maximum Gasteiger partial charge on any atom is 0.259 e. The zero-order valence-electron chi connectivity index (χ0n) is 11.3. The number of nitrogens with zero attached hydrogens (tertiary/aromatic N) is 2. The van der Waals surface area contributed by atoms with Crippen molar-refractivity contribution in [3.8, 4) is 0 Å². The van der Waals surface area contributed by atoms with Gasteiger partial charge in [0.1, 0.15) is 4.99 Å². The van der Waals surface area contributed by atoms with Gasteiger partial charge in [0.2, 0.25) is 0 Å². The first-order valence-electron chi connectivity index (χ1n) is 6.08. The summed E-state index contributed by atoms with van der Waals surface area (Å²) in [5, 5.41) is 0. The van der Waals surface area contributed by atoms with E-state index in [9.17, 15) is 4.79 Å². The van der Waals surface area contributed by atoms with E-state index in [2.05, 4.69) is 4.98 Å². The van der Waals surface area contributed by atoms with Crippen molar-refractivity contribution in [2.45, 2.75) is 6.92 Å². The van der Waals surface area contributed by atoms with E-state index < -0.39 is 0 Å². The Hall–Kier alpha value is -2.27. The van der Waals surface area contributed by atoms with E-state index in [1.165, 1.54) is 0 Å². The van der Waals surface area contributed by atoms with E-state index >= 15 is 0 Å². The monoisotopic (exact) mass is 285 g/mol. The molecule has 0 fully saturated rings. The Kier molecular flexibility index (Phi) is 4.10. The molecule has 0 bridgehead atoms. The second-order valence-corrected chi connectivity index (χ2v) is 4.97. The average Bonchev–Trinajstić information content (AvgIpc) is 2.45. The quantitative estimate of drug-likeness (QED) is 0.879. The van der Waals surface area contributed by atoms with E-state index in [0.29, 0.717) is 10.6 Å². The second kappa shape index (κ2) is 5.79. The van der Waals surface area contributed by atoms with Gasteiger partial charge in [0.15, 0.2) is 0 Å². The number of thiocarbonyl (C=S) groups is 1. The van der Waals surface area contributed by atoms with Crippen molar-refractivity contribution in [2.75, 3.05) is 11.9 Å². The van der Waals surface area contributed by atoms with Crippen LogP contribution in [0.4, 0.5) is 5.69 Å². The molecule has 0 saturated heterocycles. The van der Waals surface area contributed by atoms with Gasteiger partial charge in [-0.1, -0.05) is 24.4 Å². The third kappa shape index (κ3) is 3.00. The van der Waals surface area contributed by atoms with Crippen molar-refractivity contribution in [3.63, 3.8) is 0 Å². The highest BCUT2D eigenvalue weighted by molar-refractivity contribution is 7.80. The molecule has 102 valence electrons. The number of anilines is 1. The summed E-state index contributed by atoms with van der Waals surface area (Å²) in [5.41, 5.74) is 8.58. The summed E-state index contributed by atoms with van der Waals surface area (Å²) in [4.78, 5) is 18.3. The molecule has 2 aromatic rings. The molecule has 4 nitrogen and oxygen atoms in total. The number of rotatable bonds is 3. The van der Waals surface area contributed by atoms with Gasteiger partial charge < -0.3 is 10.6 Å². The van der Waals surface area contributed by atoms with Crippen LogP contribution in [-0.4, -0.2) is 22.9 Å². The number of aromatic nitrogens is 1. The Morgan fingerprint density at radius 2 is 2.00 bits per heavy atom. The molecule has 0 aliphatic rings. The van der Waals surface area contributed by atoms with Gasteiger partial charge >= 0.3 is 0 Å². The molecule has 0 unspecified atom stereocenters. The molecular formula is C15H15N3OS. The summed E-state index contributed by atoms with van der Waals surface area (Å²) in [6.07, 6.45) is 3.27. The lowest BCUT2D eigenvalue weighted by Gasteiger charge is -2.18. The van der Waals surface area contributed by atoms with Crippen molar-refractivity contribution in [1.82, 2.24) is 4.98 Å². The lowest BCUT2D eigenvalue weighted by atomic mass is 10.1. The normalized spacial score (nSPS) is 10.1. The van der Waals surface area contributed by atoms with E-state index in [4.69, 9.17) is 18.0 Å². The van der Waals surface area contributed by atoms with Crippen molar-refractivity contribution in [1.29, 1.82) is 0 Å². The number of benzene rings is 1. The maximum atomic E-state index is 12.4. The van der Waals surface area contributed by atoms with Crippen LogP contribution in [0.3, 0.4) is 0 Å². The Labute approximate surface area is 123 Å². The van der Waals surface area contributed by atoms with Gasteiger partial charge in [-0.2, -0.15) is 0 Å². The fourth-order valence-electron chi connectivity index (χ4n) is 1.85. The first-order chi connectivity index (χ1) is 9.49. The van der Waals surface area contributed by atoms with Crippen LogP contribution in [-0.2, 0) is 0 Å². The number of amides is 1. The molecule has 0 aliphatic heterocycles. The topological polar surface area (TPSA) is 59.2 Å². The number of pyridine rings is 1. The summed E-state index contributed by atoms with van der Waals surface area (Å²) in [5.74, 6) is -0.124. The maximum absolute atomic E-state index is 12.4. The molecule has 1 amide bonds. The number of carbonyl (C=O) groups is 1. The average molecular weight is 285 g/mol. The van der Waals surface area contributed by atoms with Crippen molar-refractivity contribution >= 4 is 28.8 Å². The molecular weight excluding hydrogens is 270 g/mol. The second-order valence-electron chi connectivity index (χ2n) is 4.53. The van der Waals surface area contributed by atoms with Crippen LogP contribution in [0.25, 0.3) is 0 Å². The Balaban J connectivity index is 2.31.